The van der Waals surface area contributed by atoms with Crippen molar-refractivity contribution in [3.63, 3.8) is 0 Å². The minimum absolute atomic E-state index is 0.106. The number of carbonyl (C=O) groups is 1. The molecule has 0 radical (unpaired) electrons. The van der Waals surface area contributed by atoms with Gasteiger partial charge in [0.1, 0.15) is 0 Å². The van der Waals surface area contributed by atoms with E-state index in [2.05, 4.69) is 0 Å². The summed E-state index contributed by atoms with van der Waals surface area (Å²) in [6, 6.07) is 7.22. The van der Waals surface area contributed by atoms with Gasteiger partial charge in [-0.2, -0.15) is 0 Å². The lowest BCUT2D eigenvalue weighted by atomic mass is 10.1. The lowest BCUT2D eigenvalue weighted by molar-refractivity contribution is 0.0792. The van der Waals surface area contributed by atoms with E-state index in [1.807, 2.05) is 17.0 Å². The van der Waals surface area contributed by atoms with E-state index in [4.69, 9.17) is 0 Å². The lowest BCUT2D eigenvalue weighted by Gasteiger charge is -2.15. The highest BCUT2D eigenvalue weighted by Gasteiger charge is 2.19. The fourth-order valence-corrected chi connectivity index (χ4v) is 2.01. The number of likely N-dealkylation sites (tertiary alicyclic amines) is 1. The number of rotatable bonds is 2. The summed E-state index contributed by atoms with van der Waals surface area (Å²) >= 11 is 0. The first-order chi connectivity index (χ1) is 7.68. The molecule has 1 aliphatic heterocycles. The monoisotopic (exact) mass is 219 g/mol. The molecule has 0 spiro atoms. The molecule has 1 fully saturated rings. The van der Waals surface area contributed by atoms with Crippen molar-refractivity contribution < 1.29 is 9.90 Å². The number of benzene rings is 1. The summed E-state index contributed by atoms with van der Waals surface area (Å²) in [6.07, 6.45) is 1.74. The highest BCUT2D eigenvalue weighted by Crippen LogP contribution is 2.16. The Morgan fingerprint density at radius 1 is 1.25 bits per heavy atom. The van der Waals surface area contributed by atoms with Crippen molar-refractivity contribution in [1.82, 2.24) is 4.90 Å². The maximum absolute atomic E-state index is 12.0. The summed E-state index contributed by atoms with van der Waals surface area (Å²) in [4.78, 5) is 13.9. The van der Waals surface area contributed by atoms with Gasteiger partial charge in [-0.05, 0) is 37.5 Å². The van der Waals surface area contributed by atoms with Crippen molar-refractivity contribution in [2.75, 3.05) is 13.1 Å². The SMILES string of the molecule is CC(O)c1ccc(C(=O)N2CCCC2)cc1. The molecule has 1 aromatic rings. The van der Waals surface area contributed by atoms with Gasteiger partial charge in [0.25, 0.3) is 5.91 Å². The van der Waals surface area contributed by atoms with Gasteiger partial charge in [0.05, 0.1) is 6.10 Å². The van der Waals surface area contributed by atoms with Crippen LogP contribution in [0.15, 0.2) is 24.3 Å². The van der Waals surface area contributed by atoms with Crippen LogP contribution < -0.4 is 0 Å². The molecule has 1 saturated heterocycles. The van der Waals surface area contributed by atoms with Gasteiger partial charge in [-0.15, -0.1) is 0 Å². The van der Waals surface area contributed by atoms with Gasteiger partial charge in [-0.3, -0.25) is 4.79 Å². The van der Waals surface area contributed by atoms with E-state index in [9.17, 15) is 9.90 Å². The molecule has 3 nitrogen and oxygen atoms in total. The average Bonchev–Trinajstić information content (AvgIpc) is 2.81. The van der Waals surface area contributed by atoms with E-state index in [-0.39, 0.29) is 5.91 Å². The van der Waals surface area contributed by atoms with Crippen LogP contribution in [-0.4, -0.2) is 29.0 Å². The van der Waals surface area contributed by atoms with E-state index >= 15 is 0 Å². The smallest absolute Gasteiger partial charge is 0.253 e. The second-order valence-corrected chi connectivity index (χ2v) is 4.30. The van der Waals surface area contributed by atoms with E-state index in [0.717, 1.165) is 31.5 Å². The minimum Gasteiger partial charge on any atom is -0.389 e. The van der Waals surface area contributed by atoms with Crippen LogP contribution in [0.25, 0.3) is 0 Å². The third-order valence-corrected chi connectivity index (χ3v) is 3.03. The summed E-state index contributed by atoms with van der Waals surface area (Å²) in [5, 5.41) is 9.37. The number of hydrogen-bond donors (Lipinski definition) is 1. The zero-order chi connectivity index (χ0) is 11.5. The van der Waals surface area contributed by atoms with Gasteiger partial charge in [0, 0.05) is 18.7 Å². The topological polar surface area (TPSA) is 40.5 Å². The van der Waals surface area contributed by atoms with E-state index in [1.54, 1.807) is 19.1 Å². The summed E-state index contributed by atoms with van der Waals surface area (Å²) in [7, 11) is 0. The Balaban J connectivity index is 2.11. The Bertz CT molecular complexity index is 364. The molecule has 1 heterocycles. The van der Waals surface area contributed by atoms with Crippen molar-refractivity contribution in [2.24, 2.45) is 0 Å². The molecule has 3 heteroatoms. The van der Waals surface area contributed by atoms with Crippen molar-refractivity contribution in [3.8, 4) is 0 Å². The summed E-state index contributed by atoms with van der Waals surface area (Å²) in [6.45, 7) is 3.46. The molecule has 1 aliphatic rings. The number of aliphatic hydroxyl groups is 1. The first-order valence-electron chi connectivity index (χ1n) is 5.76. The summed E-state index contributed by atoms with van der Waals surface area (Å²) in [5.41, 5.74) is 1.56. The van der Waals surface area contributed by atoms with Crippen LogP contribution in [0.5, 0.6) is 0 Å². The first-order valence-corrected chi connectivity index (χ1v) is 5.76. The number of amides is 1. The largest absolute Gasteiger partial charge is 0.389 e. The molecule has 1 atom stereocenters. The Hall–Kier alpha value is -1.35. The third-order valence-electron chi connectivity index (χ3n) is 3.03. The van der Waals surface area contributed by atoms with Crippen LogP contribution in [0, 0.1) is 0 Å². The fourth-order valence-electron chi connectivity index (χ4n) is 2.01. The fraction of sp³-hybridized carbons (Fsp3) is 0.462. The molecule has 1 unspecified atom stereocenters. The molecule has 0 aliphatic carbocycles. The maximum Gasteiger partial charge on any atom is 0.253 e. The molecule has 0 bridgehead atoms. The van der Waals surface area contributed by atoms with Crippen LogP contribution in [-0.2, 0) is 0 Å². The Morgan fingerprint density at radius 2 is 1.81 bits per heavy atom. The predicted octanol–water partition coefficient (Wildman–Crippen LogP) is 1.98. The van der Waals surface area contributed by atoms with E-state index in [0.29, 0.717) is 5.56 Å². The second kappa shape index (κ2) is 4.66. The van der Waals surface area contributed by atoms with Crippen molar-refractivity contribution in [3.05, 3.63) is 35.4 Å². The average molecular weight is 219 g/mol. The van der Waals surface area contributed by atoms with Crippen molar-refractivity contribution in [1.29, 1.82) is 0 Å². The number of hydrogen-bond acceptors (Lipinski definition) is 2. The van der Waals surface area contributed by atoms with Crippen LogP contribution in [0.4, 0.5) is 0 Å². The summed E-state index contributed by atoms with van der Waals surface area (Å²) in [5.74, 6) is 0.106. The minimum atomic E-state index is -0.476. The molecule has 2 rings (SSSR count). The number of aliphatic hydroxyl groups excluding tert-OH is 1. The van der Waals surface area contributed by atoms with Gasteiger partial charge < -0.3 is 10.0 Å². The second-order valence-electron chi connectivity index (χ2n) is 4.30. The number of nitrogens with zero attached hydrogens (tertiary/aromatic N) is 1. The van der Waals surface area contributed by atoms with E-state index < -0.39 is 6.10 Å². The quantitative estimate of drug-likeness (QED) is 0.826. The molecule has 1 aromatic carbocycles. The molecular weight excluding hydrogens is 202 g/mol. The highest BCUT2D eigenvalue weighted by atomic mass is 16.3. The molecule has 0 saturated carbocycles. The predicted molar refractivity (Wildman–Crippen MR) is 62.2 cm³/mol. The lowest BCUT2D eigenvalue weighted by Crippen LogP contribution is -2.27. The van der Waals surface area contributed by atoms with Gasteiger partial charge in [0.2, 0.25) is 0 Å². The Kier molecular flexibility index (Phi) is 3.25. The van der Waals surface area contributed by atoms with Crippen LogP contribution >= 0.6 is 0 Å². The van der Waals surface area contributed by atoms with Gasteiger partial charge in [0.15, 0.2) is 0 Å². The standard InChI is InChI=1S/C13H17NO2/c1-10(15)11-4-6-12(7-5-11)13(16)14-8-2-3-9-14/h4-7,10,15H,2-3,8-9H2,1H3. The molecule has 1 amide bonds. The normalized spacial score (nSPS) is 17.5. The Labute approximate surface area is 95.7 Å². The zero-order valence-corrected chi connectivity index (χ0v) is 9.52. The molecular formula is C13H17NO2. The Morgan fingerprint density at radius 3 is 2.31 bits per heavy atom. The van der Waals surface area contributed by atoms with E-state index in [1.165, 1.54) is 0 Å². The van der Waals surface area contributed by atoms with Gasteiger partial charge in [-0.1, -0.05) is 12.1 Å². The molecule has 1 N–H and O–H groups in total. The summed E-state index contributed by atoms with van der Waals surface area (Å²) < 4.78 is 0. The van der Waals surface area contributed by atoms with Gasteiger partial charge >= 0.3 is 0 Å². The van der Waals surface area contributed by atoms with Crippen LogP contribution in [0.1, 0.15) is 41.8 Å². The zero-order valence-electron chi connectivity index (χ0n) is 9.52. The molecule has 16 heavy (non-hydrogen) atoms. The third kappa shape index (κ3) is 2.25. The molecule has 0 aromatic heterocycles. The maximum atomic E-state index is 12.0. The molecule has 86 valence electrons. The van der Waals surface area contributed by atoms with Crippen molar-refractivity contribution in [2.45, 2.75) is 25.9 Å². The van der Waals surface area contributed by atoms with Crippen molar-refractivity contribution >= 4 is 5.91 Å². The van der Waals surface area contributed by atoms with Gasteiger partial charge in [-0.25, -0.2) is 0 Å². The first kappa shape index (κ1) is 11.1. The van der Waals surface area contributed by atoms with Crippen LogP contribution in [0.2, 0.25) is 0 Å². The van der Waals surface area contributed by atoms with Crippen LogP contribution in [0.3, 0.4) is 0 Å². The highest BCUT2D eigenvalue weighted by molar-refractivity contribution is 5.94. The number of carbonyl (C=O) groups excluding carboxylic acids is 1.